The van der Waals surface area contributed by atoms with Crippen molar-refractivity contribution < 1.29 is 4.42 Å². The number of para-hydroxylation sites is 1. The van der Waals surface area contributed by atoms with E-state index in [0.717, 1.165) is 60.2 Å². The fourth-order valence-electron chi connectivity index (χ4n) is 6.41. The maximum atomic E-state index is 6.80. The SMILES string of the molecule is c1ccc(-c2nc(-c3cccc4ccccc34)nc(-c3cccc4c3oc3c5ccccc5c(-c5ccccc5)cc43)n2)cc1. The molecule has 4 nitrogen and oxygen atoms in total. The zero-order chi connectivity index (χ0) is 29.7. The number of aromatic nitrogens is 3. The molecule has 9 rings (SSSR count). The first-order chi connectivity index (χ1) is 22.3. The van der Waals surface area contributed by atoms with E-state index in [0.29, 0.717) is 17.5 Å². The average molecular weight is 576 g/mol. The minimum atomic E-state index is 0.573. The Hall–Kier alpha value is -6.13. The minimum absolute atomic E-state index is 0.573. The lowest BCUT2D eigenvalue weighted by atomic mass is 9.95. The first kappa shape index (κ1) is 25.4. The molecule has 0 aliphatic heterocycles. The minimum Gasteiger partial charge on any atom is -0.455 e. The van der Waals surface area contributed by atoms with E-state index in [-0.39, 0.29) is 0 Å². The van der Waals surface area contributed by atoms with E-state index in [9.17, 15) is 0 Å². The van der Waals surface area contributed by atoms with Crippen molar-refractivity contribution in [3.8, 4) is 45.3 Å². The van der Waals surface area contributed by atoms with Gasteiger partial charge in [-0.05, 0) is 39.4 Å². The highest BCUT2D eigenvalue weighted by Crippen LogP contribution is 2.42. The van der Waals surface area contributed by atoms with Gasteiger partial charge in [0.2, 0.25) is 0 Å². The Morgan fingerprint density at radius 1 is 0.333 bits per heavy atom. The number of nitrogens with zero attached hydrogens (tertiary/aromatic N) is 3. The van der Waals surface area contributed by atoms with E-state index >= 15 is 0 Å². The van der Waals surface area contributed by atoms with Gasteiger partial charge in [-0.25, -0.2) is 15.0 Å². The molecule has 7 aromatic carbocycles. The third kappa shape index (κ3) is 4.19. The van der Waals surface area contributed by atoms with Crippen LogP contribution in [0.4, 0.5) is 0 Å². The number of fused-ring (bicyclic) bond motifs is 6. The molecule has 210 valence electrons. The molecule has 9 aromatic rings. The maximum Gasteiger partial charge on any atom is 0.167 e. The van der Waals surface area contributed by atoms with Gasteiger partial charge >= 0.3 is 0 Å². The Morgan fingerprint density at radius 2 is 0.867 bits per heavy atom. The van der Waals surface area contributed by atoms with Gasteiger partial charge in [-0.1, -0.05) is 140 Å². The van der Waals surface area contributed by atoms with Crippen LogP contribution in [-0.2, 0) is 0 Å². The first-order valence-corrected chi connectivity index (χ1v) is 15.0. The fourth-order valence-corrected chi connectivity index (χ4v) is 6.41. The average Bonchev–Trinajstić information content (AvgIpc) is 3.51. The standard InChI is InChI=1S/C41H25N3O/c1-3-13-27(14-4-1)35-25-36-32-22-12-24-34(37(32)45-38(36)31-21-10-9-20-30(31)35)41-43-39(28-16-5-2-6-17-28)42-40(44-41)33-23-11-18-26-15-7-8-19-29(26)33/h1-25H. The normalized spacial score (nSPS) is 11.6. The molecule has 0 fully saturated rings. The van der Waals surface area contributed by atoms with Crippen molar-refractivity contribution in [1.29, 1.82) is 0 Å². The third-order valence-corrected chi connectivity index (χ3v) is 8.53. The molecule has 45 heavy (non-hydrogen) atoms. The molecule has 2 heterocycles. The second kappa shape index (κ2) is 10.2. The fraction of sp³-hybridized carbons (Fsp3) is 0. The van der Waals surface area contributed by atoms with E-state index in [1.807, 2.05) is 36.4 Å². The van der Waals surface area contributed by atoms with Crippen LogP contribution < -0.4 is 0 Å². The predicted molar refractivity (Wildman–Crippen MR) is 184 cm³/mol. The van der Waals surface area contributed by atoms with Crippen molar-refractivity contribution in [2.24, 2.45) is 0 Å². The van der Waals surface area contributed by atoms with Crippen molar-refractivity contribution in [3.63, 3.8) is 0 Å². The molecule has 0 saturated heterocycles. The Kier molecular flexibility index (Phi) is 5.78. The molecule has 0 aliphatic carbocycles. The van der Waals surface area contributed by atoms with Gasteiger partial charge in [-0.2, -0.15) is 0 Å². The summed E-state index contributed by atoms with van der Waals surface area (Å²) in [5, 5.41) is 6.56. The Balaban J connectivity index is 1.33. The molecule has 0 aliphatic rings. The van der Waals surface area contributed by atoms with E-state index in [4.69, 9.17) is 19.4 Å². The molecule has 0 spiro atoms. The first-order valence-electron chi connectivity index (χ1n) is 15.0. The van der Waals surface area contributed by atoms with Crippen molar-refractivity contribution in [2.45, 2.75) is 0 Å². The topological polar surface area (TPSA) is 51.8 Å². The zero-order valence-electron chi connectivity index (χ0n) is 24.2. The van der Waals surface area contributed by atoms with Crippen LogP contribution in [0.3, 0.4) is 0 Å². The van der Waals surface area contributed by atoms with Crippen molar-refractivity contribution >= 4 is 43.5 Å². The number of hydrogen-bond acceptors (Lipinski definition) is 4. The van der Waals surface area contributed by atoms with Crippen LogP contribution >= 0.6 is 0 Å². The quantitative estimate of drug-likeness (QED) is 0.209. The smallest absolute Gasteiger partial charge is 0.167 e. The molecule has 0 radical (unpaired) electrons. The monoisotopic (exact) mass is 575 g/mol. The van der Waals surface area contributed by atoms with Gasteiger partial charge in [-0.3, -0.25) is 0 Å². The van der Waals surface area contributed by atoms with Gasteiger partial charge < -0.3 is 4.42 Å². The molecular formula is C41H25N3O. The van der Waals surface area contributed by atoms with E-state index in [2.05, 4.69) is 115 Å². The Bertz CT molecular complexity index is 2530. The summed E-state index contributed by atoms with van der Waals surface area (Å²) in [7, 11) is 0. The zero-order valence-corrected chi connectivity index (χ0v) is 24.2. The molecule has 0 unspecified atom stereocenters. The molecule has 0 N–H and O–H groups in total. The van der Waals surface area contributed by atoms with Gasteiger partial charge in [0.05, 0.1) is 5.56 Å². The van der Waals surface area contributed by atoms with E-state index < -0.39 is 0 Å². The highest BCUT2D eigenvalue weighted by molar-refractivity contribution is 6.20. The summed E-state index contributed by atoms with van der Waals surface area (Å²) in [5.74, 6) is 1.82. The third-order valence-electron chi connectivity index (χ3n) is 8.53. The molecule has 0 saturated carbocycles. The van der Waals surface area contributed by atoms with Crippen LogP contribution in [-0.4, -0.2) is 15.0 Å². The number of benzene rings is 7. The van der Waals surface area contributed by atoms with Crippen molar-refractivity contribution in [3.05, 3.63) is 152 Å². The van der Waals surface area contributed by atoms with Gasteiger partial charge in [-0.15, -0.1) is 0 Å². The van der Waals surface area contributed by atoms with Crippen LogP contribution in [0.15, 0.2) is 156 Å². The number of rotatable bonds is 4. The summed E-state index contributed by atoms with van der Waals surface area (Å²) in [6.45, 7) is 0. The summed E-state index contributed by atoms with van der Waals surface area (Å²) in [4.78, 5) is 15.2. The van der Waals surface area contributed by atoms with Crippen LogP contribution in [0.2, 0.25) is 0 Å². The van der Waals surface area contributed by atoms with Crippen LogP contribution in [0, 0.1) is 0 Å². The Morgan fingerprint density at radius 3 is 1.67 bits per heavy atom. The number of hydrogen-bond donors (Lipinski definition) is 0. The lowest BCUT2D eigenvalue weighted by Gasteiger charge is -2.10. The lowest BCUT2D eigenvalue weighted by molar-refractivity contribution is 0.673. The molecule has 0 atom stereocenters. The highest BCUT2D eigenvalue weighted by atomic mass is 16.3. The van der Waals surface area contributed by atoms with Gasteiger partial charge in [0, 0.05) is 27.3 Å². The molecule has 4 heteroatoms. The predicted octanol–water partition coefficient (Wildman–Crippen LogP) is 10.7. The molecular weight excluding hydrogens is 550 g/mol. The van der Waals surface area contributed by atoms with Crippen LogP contribution in [0.1, 0.15) is 0 Å². The lowest BCUT2D eigenvalue weighted by Crippen LogP contribution is -2.00. The summed E-state index contributed by atoms with van der Waals surface area (Å²) in [6, 6.07) is 52.1. The summed E-state index contributed by atoms with van der Waals surface area (Å²) < 4.78 is 6.80. The van der Waals surface area contributed by atoms with Gasteiger partial charge in [0.25, 0.3) is 0 Å². The second-order valence-electron chi connectivity index (χ2n) is 11.2. The molecule has 2 aromatic heterocycles. The van der Waals surface area contributed by atoms with Gasteiger partial charge in [0.1, 0.15) is 11.2 Å². The number of furan rings is 1. The van der Waals surface area contributed by atoms with Gasteiger partial charge in [0.15, 0.2) is 17.5 Å². The maximum absolute atomic E-state index is 6.80. The van der Waals surface area contributed by atoms with Crippen LogP contribution in [0.25, 0.3) is 88.8 Å². The van der Waals surface area contributed by atoms with Crippen molar-refractivity contribution in [2.75, 3.05) is 0 Å². The summed E-state index contributed by atoms with van der Waals surface area (Å²) >= 11 is 0. The van der Waals surface area contributed by atoms with E-state index in [1.165, 1.54) is 11.1 Å². The second-order valence-corrected chi connectivity index (χ2v) is 11.2. The summed E-state index contributed by atoms with van der Waals surface area (Å²) in [5.41, 5.74) is 6.69. The summed E-state index contributed by atoms with van der Waals surface area (Å²) in [6.07, 6.45) is 0. The Labute approximate surface area is 259 Å². The highest BCUT2D eigenvalue weighted by Gasteiger charge is 2.20. The van der Waals surface area contributed by atoms with Crippen molar-refractivity contribution in [1.82, 2.24) is 15.0 Å². The largest absolute Gasteiger partial charge is 0.455 e. The molecule has 0 bridgehead atoms. The molecule has 0 amide bonds. The van der Waals surface area contributed by atoms with Crippen LogP contribution in [0.5, 0.6) is 0 Å². The van der Waals surface area contributed by atoms with E-state index in [1.54, 1.807) is 0 Å².